The standard InChI is InChI=1S/C25H32N2O3S/c1-19-14-16-22(17-15-19)31(29,30)27(21-10-3-2-4-11-21)18-25(28)26-24-13-7-9-20-8-5-6-12-23(20)24/h5-6,8,12,14-17,21,24H,2-4,7,9-11,13,18H2,1H3,(H,26,28)/t24-/m1/s1. The van der Waals surface area contributed by atoms with Gasteiger partial charge < -0.3 is 5.32 Å². The number of aryl methyl sites for hydroxylation is 2. The summed E-state index contributed by atoms with van der Waals surface area (Å²) in [6.45, 7) is 1.81. The molecule has 2 aliphatic rings. The van der Waals surface area contributed by atoms with Crippen molar-refractivity contribution in [3.63, 3.8) is 0 Å². The molecule has 0 spiro atoms. The van der Waals surface area contributed by atoms with Crippen LogP contribution in [-0.4, -0.2) is 31.2 Å². The topological polar surface area (TPSA) is 66.5 Å². The van der Waals surface area contributed by atoms with Crippen LogP contribution in [0.25, 0.3) is 0 Å². The average Bonchev–Trinajstić information content (AvgIpc) is 2.78. The molecule has 2 aromatic carbocycles. The number of fused-ring (bicyclic) bond motifs is 1. The number of nitrogens with one attached hydrogen (secondary N) is 1. The van der Waals surface area contributed by atoms with Gasteiger partial charge in [0, 0.05) is 6.04 Å². The number of benzene rings is 2. The van der Waals surface area contributed by atoms with E-state index in [2.05, 4.69) is 17.4 Å². The van der Waals surface area contributed by atoms with Crippen molar-refractivity contribution in [3.8, 4) is 0 Å². The van der Waals surface area contributed by atoms with Crippen molar-refractivity contribution in [2.24, 2.45) is 0 Å². The Labute approximate surface area is 185 Å². The SMILES string of the molecule is Cc1ccc(S(=O)(=O)N(CC(=O)N[C@@H]2CCCc3ccccc32)C2CCCCC2)cc1. The van der Waals surface area contributed by atoms with E-state index in [1.807, 2.05) is 31.2 Å². The predicted molar refractivity (Wildman–Crippen MR) is 122 cm³/mol. The second-order valence-electron chi connectivity index (χ2n) is 8.87. The predicted octanol–water partition coefficient (Wildman–Crippen LogP) is 4.51. The van der Waals surface area contributed by atoms with Gasteiger partial charge in [-0.1, -0.05) is 61.2 Å². The fraction of sp³-hybridized carbons (Fsp3) is 0.480. The molecule has 1 N–H and O–H groups in total. The minimum atomic E-state index is -3.74. The second-order valence-corrected chi connectivity index (χ2v) is 10.8. The smallest absolute Gasteiger partial charge is 0.243 e. The molecule has 2 aromatic rings. The van der Waals surface area contributed by atoms with Gasteiger partial charge in [0.15, 0.2) is 0 Å². The number of hydrogen-bond donors (Lipinski definition) is 1. The first kappa shape index (κ1) is 22.0. The molecule has 0 aliphatic heterocycles. The minimum Gasteiger partial charge on any atom is -0.348 e. The molecule has 166 valence electrons. The summed E-state index contributed by atoms with van der Waals surface area (Å²) in [5, 5.41) is 3.13. The van der Waals surface area contributed by atoms with Crippen LogP contribution in [0.15, 0.2) is 53.4 Å². The zero-order valence-electron chi connectivity index (χ0n) is 18.2. The highest BCUT2D eigenvalue weighted by Gasteiger charge is 2.34. The van der Waals surface area contributed by atoms with Gasteiger partial charge in [0.1, 0.15) is 0 Å². The minimum absolute atomic E-state index is 0.0484. The highest BCUT2D eigenvalue weighted by atomic mass is 32.2. The lowest BCUT2D eigenvalue weighted by Gasteiger charge is -2.34. The lowest BCUT2D eigenvalue weighted by atomic mass is 9.88. The lowest BCUT2D eigenvalue weighted by molar-refractivity contribution is -0.122. The number of carbonyl (C=O) groups is 1. The molecule has 1 amide bonds. The third kappa shape index (κ3) is 5.01. The molecule has 1 fully saturated rings. The van der Waals surface area contributed by atoms with Gasteiger partial charge in [-0.25, -0.2) is 8.42 Å². The van der Waals surface area contributed by atoms with Crippen molar-refractivity contribution in [1.82, 2.24) is 9.62 Å². The van der Waals surface area contributed by atoms with Crippen LogP contribution >= 0.6 is 0 Å². The monoisotopic (exact) mass is 440 g/mol. The van der Waals surface area contributed by atoms with Gasteiger partial charge in [0.05, 0.1) is 17.5 Å². The first-order valence-corrected chi connectivity index (χ1v) is 12.8. The molecule has 1 atom stereocenters. The summed E-state index contributed by atoms with van der Waals surface area (Å²) in [4.78, 5) is 13.4. The Bertz CT molecular complexity index is 1010. The van der Waals surface area contributed by atoms with Gasteiger partial charge >= 0.3 is 0 Å². The number of hydrogen-bond acceptors (Lipinski definition) is 3. The van der Waals surface area contributed by atoms with Gasteiger partial charge in [0.2, 0.25) is 15.9 Å². The van der Waals surface area contributed by atoms with Crippen LogP contribution < -0.4 is 5.32 Å². The summed E-state index contributed by atoms with van der Waals surface area (Å²) in [6, 6.07) is 15.0. The average molecular weight is 441 g/mol. The third-order valence-electron chi connectivity index (χ3n) is 6.61. The number of sulfonamides is 1. The Hall–Kier alpha value is -2.18. The van der Waals surface area contributed by atoms with Gasteiger partial charge in [0.25, 0.3) is 0 Å². The Balaban J connectivity index is 1.55. The van der Waals surface area contributed by atoms with E-state index in [9.17, 15) is 13.2 Å². The van der Waals surface area contributed by atoms with Crippen molar-refractivity contribution < 1.29 is 13.2 Å². The number of amides is 1. The van der Waals surface area contributed by atoms with E-state index < -0.39 is 10.0 Å². The summed E-state index contributed by atoms with van der Waals surface area (Å²) in [6.07, 6.45) is 7.69. The van der Waals surface area contributed by atoms with Crippen molar-refractivity contribution in [3.05, 3.63) is 65.2 Å². The van der Waals surface area contributed by atoms with Gasteiger partial charge in [-0.2, -0.15) is 4.31 Å². The fourth-order valence-corrected chi connectivity index (χ4v) is 6.55. The van der Waals surface area contributed by atoms with Crippen LogP contribution in [-0.2, 0) is 21.2 Å². The molecule has 1 saturated carbocycles. The summed E-state index contributed by atoms with van der Waals surface area (Å²) >= 11 is 0. The van der Waals surface area contributed by atoms with Crippen LogP contribution in [0.4, 0.5) is 0 Å². The van der Waals surface area contributed by atoms with E-state index >= 15 is 0 Å². The van der Waals surface area contributed by atoms with Crippen LogP contribution in [0.2, 0.25) is 0 Å². The quantitative estimate of drug-likeness (QED) is 0.719. The van der Waals surface area contributed by atoms with Gasteiger partial charge in [-0.3, -0.25) is 4.79 Å². The van der Waals surface area contributed by atoms with Crippen molar-refractivity contribution in [1.29, 1.82) is 0 Å². The molecule has 0 unspecified atom stereocenters. The maximum atomic E-state index is 13.5. The van der Waals surface area contributed by atoms with E-state index in [0.717, 1.165) is 62.5 Å². The first-order chi connectivity index (χ1) is 14.9. The Kier molecular flexibility index (Phi) is 6.77. The molecule has 0 bridgehead atoms. The molecular formula is C25H32N2O3S. The number of nitrogens with zero attached hydrogens (tertiary/aromatic N) is 1. The molecule has 6 heteroatoms. The maximum absolute atomic E-state index is 13.5. The van der Waals surface area contributed by atoms with E-state index in [0.29, 0.717) is 0 Å². The van der Waals surface area contributed by atoms with E-state index in [1.165, 1.54) is 9.87 Å². The second kappa shape index (κ2) is 9.53. The van der Waals surface area contributed by atoms with Crippen LogP contribution in [0.1, 0.15) is 67.7 Å². The highest BCUT2D eigenvalue weighted by Crippen LogP contribution is 2.31. The summed E-state index contributed by atoms with van der Waals surface area (Å²) in [7, 11) is -3.74. The molecule has 0 radical (unpaired) electrons. The fourth-order valence-electron chi connectivity index (χ4n) is 4.91. The lowest BCUT2D eigenvalue weighted by Crippen LogP contribution is -2.47. The molecule has 0 saturated heterocycles. The molecule has 0 heterocycles. The van der Waals surface area contributed by atoms with Crippen molar-refractivity contribution in [2.45, 2.75) is 75.3 Å². The van der Waals surface area contributed by atoms with Crippen LogP contribution in [0.3, 0.4) is 0 Å². The number of rotatable bonds is 6. The first-order valence-electron chi connectivity index (χ1n) is 11.4. The molecule has 2 aliphatic carbocycles. The Morgan fingerprint density at radius 2 is 1.68 bits per heavy atom. The summed E-state index contributed by atoms with van der Waals surface area (Å²) in [5.74, 6) is -0.219. The van der Waals surface area contributed by atoms with E-state index in [1.54, 1.807) is 12.1 Å². The molecule has 0 aromatic heterocycles. The van der Waals surface area contributed by atoms with Gasteiger partial charge in [-0.15, -0.1) is 0 Å². The van der Waals surface area contributed by atoms with Crippen molar-refractivity contribution in [2.75, 3.05) is 6.54 Å². The van der Waals surface area contributed by atoms with Crippen LogP contribution in [0, 0.1) is 6.92 Å². The molecular weight excluding hydrogens is 408 g/mol. The van der Waals surface area contributed by atoms with Crippen LogP contribution in [0.5, 0.6) is 0 Å². The normalized spacial score (nSPS) is 19.7. The molecule has 31 heavy (non-hydrogen) atoms. The molecule has 5 nitrogen and oxygen atoms in total. The third-order valence-corrected chi connectivity index (χ3v) is 8.53. The highest BCUT2D eigenvalue weighted by molar-refractivity contribution is 7.89. The summed E-state index contributed by atoms with van der Waals surface area (Å²) < 4.78 is 28.5. The van der Waals surface area contributed by atoms with Gasteiger partial charge in [-0.05, 0) is 62.3 Å². The summed E-state index contributed by atoms with van der Waals surface area (Å²) in [5.41, 5.74) is 3.44. The largest absolute Gasteiger partial charge is 0.348 e. The van der Waals surface area contributed by atoms with Crippen molar-refractivity contribution >= 4 is 15.9 Å². The zero-order chi connectivity index (χ0) is 21.8. The Morgan fingerprint density at radius 3 is 2.42 bits per heavy atom. The maximum Gasteiger partial charge on any atom is 0.243 e. The number of carbonyl (C=O) groups excluding carboxylic acids is 1. The zero-order valence-corrected chi connectivity index (χ0v) is 19.0. The van der Waals surface area contributed by atoms with E-state index in [-0.39, 0.29) is 29.4 Å². The molecule has 4 rings (SSSR count). The Morgan fingerprint density at radius 1 is 0.968 bits per heavy atom. The van der Waals surface area contributed by atoms with E-state index in [4.69, 9.17) is 0 Å².